The Balaban J connectivity index is 1.36. The number of benzene rings is 2. The maximum atomic E-state index is 4.52. The highest BCUT2D eigenvalue weighted by Gasteiger charge is 2.25. The van der Waals surface area contributed by atoms with Crippen LogP contribution in [0.15, 0.2) is 73.2 Å². The lowest BCUT2D eigenvalue weighted by Crippen LogP contribution is -1.98. The number of rotatable bonds is 5. The monoisotopic (exact) mass is 340 g/mol. The molecular formula is C22H20N4. The molecule has 128 valence electrons. The van der Waals surface area contributed by atoms with E-state index >= 15 is 0 Å². The molecule has 1 N–H and O–H groups in total. The number of hydrogen-bond donors (Lipinski definition) is 1. The Morgan fingerprint density at radius 1 is 0.962 bits per heavy atom. The summed E-state index contributed by atoms with van der Waals surface area (Å²) >= 11 is 0. The van der Waals surface area contributed by atoms with Crippen LogP contribution in [0.3, 0.4) is 0 Å². The molecule has 0 saturated heterocycles. The Hall–Kier alpha value is -3.14. The zero-order chi connectivity index (χ0) is 17.3. The molecule has 1 aliphatic carbocycles. The molecule has 2 aromatic carbocycles. The summed E-state index contributed by atoms with van der Waals surface area (Å²) in [7, 11) is 0. The van der Waals surface area contributed by atoms with E-state index in [0.29, 0.717) is 5.92 Å². The van der Waals surface area contributed by atoms with Crippen molar-refractivity contribution < 1.29 is 0 Å². The van der Waals surface area contributed by atoms with Crippen molar-refractivity contribution in [2.24, 2.45) is 0 Å². The summed E-state index contributed by atoms with van der Waals surface area (Å²) in [6, 6.07) is 19.1. The molecule has 5 rings (SSSR count). The van der Waals surface area contributed by atoms with E-state index in [4.69, 9.17) is 0 Å². The van der Waals surface area contributed by atoms with Crippen molar-refractivity contribution in [3.63, 3.8) is 0 Å². The average molecular weight is 340 g/mol. The van der Waals surface area contributed by atoms with Crippen molar-refractivity contribution in [1.82, 2.24) is 14.5 Å². The lowest BCUT2D eigenvalue weighted by molar-refractivity contribution is 0.837. The van der Waals surface area contributed by atoms with Crippen molar-refractivity contribution in [1.29, 1.82) is 0 Å². The molecule has 1 saturated carbocycles. The van der Waals surface area contributed by atoms with Gasteiger partial charge >= 0.3 is 0 Å². The van der Waals surface area contributed by atoms with Gasteiger partial charge in [-0.25, -0.2) is 4.98 Å². The third-order valence-electron chi connectivity index (χ3n) is 4.91. The number of anilines is 2. The van der Waals surface area contributed by atoms with Crippen LogP contribution in [0.5, 0.6) is 0 Å². The van der Waals surface area contributed by atoms with Gasteiger partial charge in [-0.15, -0.1) is 0 Å². The molecule has 4 nitrogen and oxygen atoms in total. The molecule has 0 aliphatic heterocycles. The fourth-order valence-electron chi connectivity index (χ4n) is 3.34. The minimum absolute atomic E-state index is 0.636. The lowest BCUT2D eigenvalue weighted by atomic mass is 10.2. The SMILES string of the molecule is c1ccc(Cn2ccc3cc(Nc4cnc(C5CC5)cn4)ccc32)cc1. The number of aromatic nitrogens is 3. The molecule has 0 unspecified atom stereocenters. The van der Waals surface area contributed by atoms with Crippen molar-refractivity contribution in [3.8, 4) is 0 Å². The molecule has 0 radical (unpaired) electrons. The smallest absolute Gasteiger partial charge is 0.148 e. The maximum absolute atomic E-state index is 4.52. The summed E-state index contributed by atoms with van der Waals surface area (Å²) in [4.78, 5) is 9.02. The first-order chi connectivity index (χ1) is 12.8. The summed E-state index contributed by atoms with van der Waals surface area (Å²) in [5.74, 6) is 1.43. The lowest BCUT2D eigenvalue weighted by Gasteiger charge is -2.08. The number of nitrogens with one attached hydrogen (secondary N) is 1. The fraction of sp³-hybridized carbons (Fsp3) is 0.182. The first kappa shape index (κ1) is 15.1. The predicted molar refractivity (Wildman–Crippen MR) is 105 cm³/mol. The second kappa shape index (κ2) is 6.30. The summed E-state index contributed by atoms with van der Waals surface area (Å²) in [6.45, 7) is 0.880. The van der Waals surface area contributed by atoms with Gasteiger partial charge in [0.2, 0.25) is 0 Å². The molecule has 0 amide bonds. The van der Waals surface area contributed by atoms with E-state index in [0.717, 1.165) is 23.7 Å². The molecule has 0 atom stereocenters. The van der Waals surface area contributed by atoms with Gasteiger partial charge in [-0.1, -0.05) is 30.3 Å². The van der Waals surface area contributed by atoms with Crippen LogP contribution >= 0.6 is 0 Å². The van der Waals surface area contributed by atoms with Crippen molar-refractivity contribution >= 4 is 22.4 Å². The van der Waals surface area contributed by atoms with Crippen LogP contribution in [-0.2, 0) is 6.54 Å². The number of fused-ring (bicyclic) bond motifs is 1. The Bertz CT molecular complexity index is 1030. The Kier molecular flexibility index (Phi) is 3.67. The van der Waals surface area contributed by atoms with Crippen LogP contribution in [0, 0.1) is 0 Å². The molecule has 0 bridgehead atoms. The molecule has 1 aliphatic rings. The largest absolute Gasteiger partial charge is 0.343 e. The van der Waals surface area contributed by atoms with Gasteiger partial charge in [0.15, 0.2) is 0 Å². The third-order valence-corrected chi connectivity index (χ3v) is 4.91. The van der Waals surface area contributed by atoms with Crippen molar-refractivity contribution in [2.75, 3.05) is 5.32 Å². The van der Waals surface area contributed by atoms with E-state index in [1.807, 2.05) is 12.4 Å². The van der Waals surface area contributed by atoms with Crippen LogP contribution in [0.1, 0.15) is 30.0 Å². The van der Waals surface area contributed by atoms with Crippen molar-refractivity contribution in [3.05, 3.63) is 84.4 Å². The zero-order valence-electron chi connectivity index (χ0n) is 14.5. The van der Waals surface area contributed by atoms with E-state index < -0.39 is 0 Å². The molecule has 2 aromatic heterocycles. The quantitative estimate of drug-likeness (QED) is 0.549. The van der Waals surface area contributed by atoms with Gasteiger partial charge < -0.3 is 9.88 Å². The molecule has 4 aromatic rings. The second-order valence-electron chi connectivity index (χ2n) is 6.93. The van der Waals surface area contributed by atoms with Gasteiger partial charge in [0, 0.05) is 35.2 Å². The standard InChI is InChI=1S/C22H20N4/c1-2-4-16(5-3-1)15-26-11-10-18-12-19(8-9-21(18)26)25-22-14-23-20(13-24-22)17-6-7-17/h1-5,8-14,17H,6-7,15H2,(H,24,25). The molecule has 4 heteroatoms. The summed E-state index contributed by atoms with van der Waals surface area (Å²) in [5.41, 5.74) is 4.68. The molecule has 2 heterocycles. The van der Waals surface area contributed by atoms with Gasteiger partial charge in [0.25, 0.3) is 0 Å². The van der Waals surface area contributed by atoms with Crippen LogP contribution in [0.2, 0.25) is 0 Å². The van der Waals surface area contributed by atoms with E-state index in [1.54, 1.807) is 0 Å². The Morgan fingerprint density at radius 3 is 2.62 bits per heavy atom. The highest BCUT2D eigenvalue weighted by atomic mass is 15.0. The van der Waals surface area contributed by atoms with E-state index in [2.05, 4.69) is 80.6 Å². The minimum atomic E-state index is 0.636. The third kappa shape index (κ3) is 3.06. The highest BCUT2D eigenvalue weighted by molar-refractivity contribution is 5.84. The topological polar surface area (TPSA) is 42.7 Å². The summed E-state index contributed by atoms with van der Waals surface area (Å²) in [6.07, 6.45) is 8.37. The van der Waals surface area contributed by atoms with Crippen LogP contribution in [0.4, 0.5) is 11.5 Å². The van der Waals surface area contributed by atoms with E-state index in [9.17, 15) is 0 Å². The van der Waals surface area contributed by atoms with E-state index in [-0.39, 0.29) is 0 Å². The zero-order valence-corrected chi connectivity index (χ0v) is 14.5. The van der Waals surface area contributed by atoms with Gasteiger partial charge in [0.05, 0.1) is 18.1 Å². The second-order valence-corrected chi connectivity index (χ2v) is 6.93. The molecular weight excluding hydrogens is 320 g/mol. The Morgan fingerprint density at radius 2 is 1.85 bits per heavy atom. The van der Waals surface area contributed by atoms with Crippen LogP contribution < -0.4 is 5.32 Å². The fourth-order valence-corrected chi connectivity index (χ4v) is 3.34. The van der Waals surface area contributed by atoms with Crippen molar-refractivity contribution in [2.45, 2.75) is 25.3 Å². The summed E-state index contributed by atoms with van der Waals surface area (Å²) in [5, 5.41) is 4.57. The molecule has 26 heavy (non-hydrogen) atoms. The number of nitrogens with zero attached hydrogens (tertiary/aromatic N) is 3. The predicted octanol–water partition coefficient (Wildman–Crippen LogP) is 5.10. The minimum Gasteiger partial charge on any atom is -0.343 e. The normalized spacial score (nSPS) is 13.8. The average Bonchev–Trinajstić information content (AvgIpc) is 3.46. The molecule has 1 fully saturated rings. The van der Waals surface area contributed by atoms with Gasteiger partial charge in [0.1, 0.15) is 5.82 Å². The summed E-state index contributed by atoms with van der Waals surface area (Å²) < 4.78 is 2.28. The van der Waals surface area contributed by atoms with Gasteiger partial charge in [-0.05, 0) is 42.7 Å². The van der Waals surface area contributed by atoms with Gasteiger partial charge in [-0.3, -0.25) is 4.98 Å². The maximum Gasteiger partial charge on any atom is 0.148 e. The van der Waals surface area contributed by atoms with E-state index in [1.165, 1.54) is 29.3 Å². The van der Waals surface area contributed by atoms with Gasteiger partial charge in [-0.2, -0.15) is 0 Å². The van der Waals surface area contributed by atoms with Crippen LogP contribution in [-0.4, -0.2) is 14.5 Å². The Labute approximate surface area is 152 Å². The highest BCUT2D eigenvalue weighted by Crippen LogP contribution is 2.38. The first-order valence-electron chi connectivity index (χ1n) is 9.07. The number of hydrogen-bond acceptors (Lipinski definition) is 3. The molecule has 0 spiro atoms. The first-order valence-corrected chi connectivity index (χ1v) is 9.07. The van der Waals surface area contributed by atoms with Crippen LogP contribution in [0.25, 0.3) is 10.9 Å².